The molecule has 1 aromatic carbocycles. The maximum Gasteiger partial charge on any atom is 0.325 e. The van der Waals surface area contributed by atoms with Crippen LogP contribution in [-0.2, 0) is 4.79 Å². The van der Waals surface area contributed by atoms with Crippen molar-refractivity contribution in [3.63, 3.8) is 0 Å². The lowest BCUT2D eigenvalue weighted by molar-refractivity contribution is -0.130. The average Bonchev–Trinajstić information content (AvgIpc) is 2.70. The van der Waals surface area contributed by atoms with E-state index in [9.17, 15) is 14.4 Å². The van der Waals surface area contributed by atoms with Gasteiger partial charge in [0.2, 0.25) is 0 Å². The minimum atomic E-state index is -0.929. The number of rotatable bonds is 6. The van der Waals surface area contributed by atoms with Crippen LogP contribution in [-0.4, -0.2) is 34.7 Å². The molecule has 0 saturated carbocycles. The van der Waals surface area contributed by atoms with E-state index in [0.717, 1.165) is 11.3 Å². The molecule has 1 aliphatic heterocycles. The fraction of sp³-hybridized carbons (Fsp3) is 0.471. The Labute approximate surface area is 141 Å². The molecule has 124 valence electrons. The van der Waals surface area contributed by atoms with Gasteiger partial charge in [-0.05, 0) is 49.9 Å². The van der Waals surface area contributed by atoms with Gasteiger partial charge < -0.3 is 5.32 Å². The van der Waals surface area contributed by atoms with Crippen LogP contribution in [0.5, 0.6) is 0 Å². The van der Waals surface area contributed by atoms with E-state index in [1.165, 1.54) is 0 Å². The van der Waals surface area contributed by atoms with Crippen molar-refractivity contribution in [2.75, 3.05) is 6.54 Å². The number of halogens is 1. The summed E-state index contributed by atoms with van der Waals surface area (Å²) in [5.74, 6) is -0.204. The number of benzene rings is 1. The van der Waals surface area contributed by atoms with Crippen LogP contribution < -0.4 is 5.32 Å². The zero-order valence-corrected chi connectivity index (χ0v) is 14.3. The van der Waals surface area contributed by atoms with Crippen LogP contribution in [0.15, 0.2) is 24.3 Å². The van der Waals surface area contributed by atoms with E-state index in [1.54, 1.807) is 31.2 Å². The second-order valence-corrected chi connectivity index (χ2v) is 6.95. The summed E-state index contributed by atoms with van der Waals surface area (Å²) in [6, 6.07) is 5.87. The van der Waals surface area contributed by atoms with E-state index in [4.69, 9.17) is 11.6 Å². The Morgan fingerprint density at radius 2 is 1.87 bits per heavy atom. The molecule has 0 spiro atoms. The third kappa shape index (κ3) is 3.91. The number of nitrogens with zero attached hydrogens (tertiary/aromatic N) is 1. The lowest BCUT2D eigenvalue weighted by Gasteiger charge is -2.22. The predicted molar refractivity (Wildman–Crippen MR) is 88.5 cm³/mol. The predicted octanol–water partition coefficient (Wildman–Crippen LogP) is 3.27. The molecule has 1 aromatic rings. The van der Waals surface area contributed by atoms with E-state index in [2.05, 4.69) is 19.2 Å². The Bertz CT molecular complexity index is 627. The second kappa shape index (κ2) is 6.71. The number of amides is 3. The lowest BCUT2D eigenvalue weighted by Crippen LogP contribution is -2.44. The summed E-state index contributed by atoms with van der Waals surface area (Å²) < 4.78 is 0. The molecule has 0 aliphatic carbocycles. The number of imide groups is 1. The van der Waals surface area contributed by atoms with Crippen molar-refractivity contribution in [2.45, 2.75) is 39.2 Å². The summed E-state index contributed by atoms with van der Waals surface area (Å²) in [7, 11) is 0. The van der Waals surface area contributed by atoms with Crippen molar-refractivity contribution >= 4 is 29.3 Å². The topological polar surface area (TPSA) is 66.5 Å². The summed E-state index contributed by atoms with van der Waals surface area (Å²) in [5.41, 5.74) is -0.507. The fourth-order valence-electron chi connectivity index (χ4n) is 2.51. The number of ketones is 1. The molecule has 1 heterocycles. The van der Waals surface area contributed by atoms with Gasteiger partial charge in [-0.3, -0.25) is 14.5 Å². The van der Waals surface area contributed by atoms with Gasteiger partial charge in [0.25, 0.3) is 5.91 Å². The van der Waals surface area contributed by atoms with Crippen molar-refractivity contribution in [2.24, 2.45) is 5.92 Å². The van der Waals surface area contributed by atoms with Gasteiger partial charge in [0.1, 0.15) is 5.54 Å². The quantitative estimate of drug-likeness (QED) is 0.640. The molecule has 5 nitrogen and oxygen atoms in total. The number of carbonyl (C=O) groups excluding carboxylic acids is 3. The van der Waals surface area contributed by atoms with Crippen molar-refractivity contribution in [1.82, 2.24) is 10.2 Å². The van der Waals surface area contributed by atoms with Gasteiger partial charge in [-0.2, -0.15) is 0 Å². The van der Waals surface area contributed by atoms with Crippen LogP contribution in [0.25, 0.3) is 0 Å². The number of nitrogens with one attached hydrogen (secondary N) is 1. The van der Waals surface area contributed by atoms with Gasteiger partial charge in [-0.15, -0.1) is 0 Å². The molecule has 1 atom stereocenters. The lowest BCUT2D eigenvalue weighted by atomic mass is 9.92. The molecule has 3 amide bonds. The first-order valence-corrected chi connectivity index (χ1v) is 8.03. The van der Waals surface area contributed by atoms with Crippen molar-refractivity contribution in [1.29, 1.82) is 0 Å². The molecule has 0 aromatic heterocycles. The van der Waals surface area contributed by atoms with Crippen LogP contribution >= 0.6 is 11.6 Å². The zero-order valence-electron chi connectivity index (χ0n) is 13.6. The maximum absolute atomic E-state index is 12.5. The molecule has 0 unspecified atom stereocenters. The Balaban J connectivity index is 2.08. The van der Waals surface area contributed by atoms with Crippen LogP contribution in [0.2, 0.25) is 5.02 Å². The van der Waals surface area contributed by atoms with E-state index < -0.39 is 11.6 Å². The molecule has 6 heteroatoms. The van der Waals surface area contributed by atoms with E-state index in [0.29, 0.717) is 22.9 Å². The fourth-order valence-corrected chi connectivity index (χ4v) is 2.63. The summed E-state index contributed by atoms with van der Waals surface area (Å²) in [5, 5.41) is 3.24. The summed E-state index contributed by atoms with van der Waals surface area (Å²) in [4.78, 5) is 37.9. The SMILES string of the molecule is CC(C)CC[C@]1(C)NC(=O)N(CC(=O)c2ccc(Cl)cc2)C1=O. The summed E-state index contributed by atoms with van der Waals surface area (Å²) in [6.45, 7) is 5.57. The molecule has 1 N–H and O–H groups in total. The highest BCUT2D eigenvalue weighted by atomic mass is 35.5. The first-order chi connectivity index (χ1) is 10.7. The van der Waals surface area contributed by atoms with Gasteiger partial charge in [-0.25, -0.2) is 4.79 Å². The second-order valence-electron chi connectivity index (χ2n) is 6.52. The number of carbonyl (C=O) groups is 3. The van der Waals surface area contributed by atoms with Crippen molar-refractivity contribution in [3.05, 3.63) is 34.9 Å². The Morgan fingerprint density at radius 1 is 1.26 bits per heavy atom. The van der Waals surface area contributed by atoms with E-state index in [1.807, 2.05) is 0 Å². The van der Waals surface area contributed by atoms with Crippen molar-refractivity contribution in [3.8, 4) is 0 Å². The van der Waals surface area contributed by atoms with Gasteiger partial charge >= 0.3 is 6.03 Å². The van der Waals surface area contributed by atoms with Gasteiger partial charge in [0.15, 0.2) is 5.78 Å². The molecule has 23 heavy (non-hydrogen) atoms. The molecule has 1 fully saturated rings. The minimum Gasteiger partial charge on any atom is -0.323 e. The largest absolute Gasteiger partial charge is 0.325 e. The van der Waals surface area contributed by atoms with Crippen LogP contribution in [0.4, 0.5) is 4.79 Å². The van der Waals surface area contributed by atoms with Crippen LogP contribution in [0, 0.1) is 5.92 Å². The summed E-state index contributed by atoms with van der Waals surface area (Å²) in [6.07, 6.45) is 1.38. The minimum absolute atomic E-state index is 0.260. The highest BCUT2D eigenvalue weighted by Gasteiger charge is 2.47. The first kappa shape index (κ1) is 17.5. The monoisotopic (exact) mass is 336 g/mol. The number of Topliss-reactive ketones (excluding diaryl/α,β-unsaturated/α-hetero) is 1. The zero-order chi connectivity index (χ0) is 17.2. The third-order valence-electron chi connectivity index (χ3n) is 4.03. The normalized spacial score (nSPS) is 21.0. The maximum atomic E-state index is 12.5. The van der Waals surface area contributed by atoms with E-state index in [-0.39, 0.29) is 18.2 Å². The molecule has 1 aliphatic rings. The Kier molecular flexibility index (Phi) is 5.09. The standard InChI is InChI=1S/C17H21ClN2O3/c1-11(2)8-9-17(3)15(22)20(16(23)19-17)10-14(21)12-4-6-13(18)7-5-12/h4-7,11H,8-10H2,1-3H3,(H,19,23)/t17-/m0/s1. The van der Waals surface area contributed by atoms with Gasteiger partial charge in [0, 0.05) is 10.6 Å². The molecular weight excluding hydrogens is 316 g/mol. The average molecular weight is 337 g/mol. The summed E-state index contributed by atoms with van der Waals surface area (Å²) >= 11 is 5.79. The highest BCUT2D eigenvalue weighted by molar-refractivity contribution is 6.30. The van der Waals surface area contributed by atoms with Crippen LogP contribution in [0.1, 0.15) is 44.0 Å². The van der Waals surface area contributed by atoms with Crippen LogP contribution in [0.3, 0.4) is 0 Å². The Hall–Kier alpha value is -1.88. The molecule has 1 saturated heterocycles. The highest BCUT2D eigenvalue weighted by Crippen LogP contribution is 2.25. The smallest absolute Gasteiger partial charge is 0.323 e. The molecular formula is C17H21ClN2O3. The third-order valence-corrected chi connectivity index (χ3v) is 4.29. The van der Waals surface area contributed by atoms with Gasteiger partial charge in [-0.1, -0.05) is 25.4 Å². The van der Waals surface area contributed by atoms with Gasteiger partial charge in [0.05, 0.1) is 6.54 Å². The first-order valence-electron chi connectivity index (χ1n) is 7.66. The number of urea groups is 1. The molecule has 0 radical (unpaired) electrons. The molecule has 0 bridgehead atoms. The van der Waals surface area contributed by atoms with Crippen molar-refractivity contribution < 1.29 is 14.4 Å². The molecule has 2 rings (SSSR count). The number of hydrogen-bond acceptors (Lipinski definition) is 3. The number of hydrogen-bond donors (Lipinski definition) is 1. The van der Waals surface area contributed by atoms with E-state index >= 15 is 0 Å². The Morgan fingerprint density at radius 3 is 2.43 bits per heavy atom.